The Morgan fingerprint density at radius 3 is 2.64 bits per heavy atom. The molecule has 1 amide bonds. The maximum atomic E-state index is 13.4. The van der Waals surface area contributed by atoms with E-state index in [1.54, 1.807) is 0 Å². The fraction of sp³-hybridized carbons (Fsp3) is 0.500. The minimum absolute atomic E-state index is 0.0331. The molecular formula is C30H36N2O4. The number of carbonyl (C=O) groups excluding carboxylic acids is 2. The lowest BCUT2D eigenvalue weighted by Crippen LogP contribution is -2.40. The fourth-order valence-corrected chi connectivity index (χ4v) is 5.75. The number of ether oxygens (including phenoxy) is 1. The van der Waals surface area contributed by atoms with Crippen LogP contribution >= 0.6 is 0 Å². The summed E-state index contributed by atoms with van der Waals surface area (Å²) in [6.07, 6.45) is 8.50. The number of rotatable bonds is 10. The van der Waals surface area contributed by atoms with Gasteiger partial charge in [0.15, 0.2) is 11.4 Å². The molecule has 6 heteroatoms. The minimum atomic E-state index is -0.260. The monoisotopic (exact) mass is 488 g/mol. The standard InChI is InChI=1S/C30H36N2O4/c1-2-6-21(12-10-20-11-17-24(19-20)31-29(34)27-9-5-18-35-27)28(33)22-13-15-23(16-14-22)30-32-25-7-3-4-8-26(25)36-30/h3-4,7-8,13-16,20-21,24,27H,2,5-6,9-12,17-19H2,1H3,(H,31,34)/t20-,21?,24+,27+/m1/s1. The number of benzene rings is 2. The molecule has 1 N–H and O–H groups in total. The number of amides is 1. The maximum absolute atomic E-state index is 13.4. The van der Waals surface area contributed by atoms with Crippen LogP contribution in [0.15, 0.2) is 52.9 Å². The molecule has 2 aliphatic rings. The van der Waals surface area contributed by atoms with Crippen LogP contribution in [-0.2, 0) is 9.53 Å². The fourth-order valence-electron chi connectivity index (χ4n) is 5.75. The Hall–Kier alpha value is -2.99. The molecule has 36 heavy (non-hydrogen) atoms. The van der Waals surface area contributed by atoms with Crippen LogP contribution in [0.1, 0.15) is 75.1 Å². The zero-order chi connectivity index (χ0) is 24.9. The first-order valence-corrected chi connectivity index (χ1v) is 13.5. The van der Waals surface area contributed by atoms with Crippen LogP contribution in [0.5, 0.6) is 0 Å². The molecule has 1 aliphatic heterocycles. The number of ketones is 1. The number of hydrogen-bond acceptors (Lipinski definition) is 5. The van der Waals surface area contributed by atoms with Gasteiger partial charge in [-0.05, 0) is 81.5 Å². The normalized spacial score (nSPS) is 22.6. The van der Waals surface area contributed by atoms with Gasteiger partial charge in [-0.25, -0.2) is 4.98 Å². The predicted octanol–water partition coefficient (Wildman–Crippen LogP) is 6.34. The van der Waals surface area contributed by atoms with Gasteiger partial charge in [0.25, 0.3) is 0 Å². The number of oxazole rings is 1. The van der Waals surface area contributed by atoms with Crippen molar-refractivity contribution < 1.29 is 18.7 Å². The van der Waals surface area contributed by atoms with Gasteiger partial charge in [-0.2, -0.15) is 0 Å². The molecule has 4 atom stereocenters. The first kappa shape index (κ1) is 24.7. The van der Waals surface area contributed by atoms with E-state index in [0.717, 1.165) is 80.0 Å². The number of nitrogens with zero attached hydrogens (tertiary/aromatic N) is 1. The highest BCUT2D eigenvalue weighted by Crippen LogP contribution is 2.33. The van der Waals surface area contributed by atoms with E-state index in [9.17, 15) is 9.59 Å². The first-order valence-electron chi connectivity index (χ1n) is 13.5. The maximum Gasteiger partial charge on any atom is 0.249 e. The molecule has 1 aliphatic carbocycles. The van der Waals surface area contributed by atoms with E-state index in [0.29, 0.717) is 18.4 Å². The van der Waals surface area contributed by atoms with E-state index in [1.165, 1.54) is 0 Å². The van der Waals surface area contributed by atoms with Crippen LogP contribution in [0.3, 0.4) is 0 Å². The lowest BCUT2D eigenvalue weighted by Gasteiger charge is -2.19. The van der Waals surface area contributed by atoms with Gasteiger partial charge in [-0.3, -0.25) is 9.59 Å². The van der Waals surface area contributed by atoms with E-state index in [-0.39, 0.29) is 29.8 Å². The van der Waals surface area contributed by atoms with Gasteiger partial charge in [0.1, 0.15) is 11.6 Å². The summed E-state index contributed by atoms with van der Waals surface area (Å²) in [7, 11) is 0. The average Bonchev–Trinajstić information content (AvgIpc) is 3.67. The van der Waals surface area contributed by atoms with E-state index in [4.69, 9.17) is 9.15 Å². The number of hydrogen-bond donors (Lipinski definition) is 1. The number of Topliss-reactive ketones (excluding diaryl/α,β-unsaturated/α-hetero) is 1. The second-order valence-electron chi connectivity index (χ2n) is 10.4. The summed E-state index contributed by atoms with van der Waals surface area (Å²) >= 11 is 0. The van der Waals surface area contributed by atoms with Crippen LogP contribution < -0.4 is 5.32 Å². The number of fused-ring (bicyclic) bond motifs is 1. The van der Waals surface area contributed by atoms with Crippen LogP contribution in [0.25, 0.3) is 22.6 Å². The van der Waals surface area contributed by atoms with Crippen molar-refractivity contribution in [3.05, 3.63) is 54.1 Å². The zero-order valence-electron chi connectivity index (χ0n) is 21.1. The number of aromatic nitrogens is 1. The van der Waals surface area contributed by atoms with Crippen molar-refractivity contribution >= 4 is 22.8 Å². The lowest BCUT2D eigenvalue weighted by atomic mass is 9.86. The van der Waals surface area contributed by atoms with Gasteiger partial charge in [0.2, 0.25) is 11.8 Å². The van der Waals surface area contributed by atoms with Crippen LogP contribution in [0, 0.1) is 11.8 Å². The molecule has 3 aromatic rings. The Morgan fingerprint density at radius 2 is 1.89 bits per heavy atom. The second-order valence-corrected chi connectivity index (χ2v) is 10.4. The van der Waals surface area contributed by atoms with Crippen molar-refractivity contribution in [3.63, 3.8) is 0 Å². The van der Waals surface area contributed by atoms with Crippen molar-refractivity contribution in [2.45, 2.75) is 76.9 Å². The van der Waals surface area contributed by atoms with Gasteiger partial charge in [0.05, 0.1) is 0 Å². The lowest BCUT2D eigenvalue weighted by molar-refractivity contribution is -0.130. The van der Waals surface area contributed by atoms with Crippen LogP contribution in [-0.4, -0.2) is 35.4 Å². The van der Waals surface area contributed by atoms with Gasteiger partial charge in [-0.1, -0.05) is 37.6 Å². The molecule has 0 bridgehead atoms. The summed E-state index contributed by atoms with van der Waals surface area (Å²) in [5.74, 6) is 1.45. The van der Waals surface area contributed by atoms with Gasteiger partial charge in [-0.15, -0.1) is 0 Å². The molecule has 2 aromatic carbocycles. The molecule has 2 fully saturated rings. The number of nitrogens with one attached hydrogen (secondary N) is 1. The molecule has 6 nitrogen and oxygen atoms in total. The minimum Gasteiger partial charge on any atom is -0.436 e. The van der Waals surface area contributed by atoms with Crippen molar-refractivity contribution in [1.29, 1.82) is 0 Å². The van der Waals surface area contributed by atoms with E-state index in [2.05, 4.69) is 17.2 Å². The van der Waals surface area contributed by atoms with Crippen LogP contribution in [0.2, 0.25) is 0 Å². The van der Waals surface area contributed by atoms with Crippen molar-refractivity contribution in [2.24, 2.45) is 11.8 Å². The average molecular weight is 489 g/mol. The highest BCUT2D eigenvalue weighted by atomic mass is 16.5. The zero-order valence-corrected chi connectivity index (χ0v) is 21.1. The Bertz CT molecular complexity index is 1150. The predicted molar refractivity (Wildman–Crippen MR) is 140 cm³/mol. The molecule has 0 radical (unpaired) electrons. The van der Waals surface area contributed by atoms with Crippen molar-refractivity contribution in [2.75, 3.05) is 6.61 Å². The van der Waals surface area contributed by atoms with Crippen molar-refractivity contribution in [1.82, 2.24) is 10.3 Å². The SMILES string of the molecule is CCCC(CC[C@@H]1CC[C@H](NC(=O)[C@@H]2CCCO2)C1)C(=O)c1ccc(-c2nc3ccccc3o2)cc1. The summed E-state index contributed by atoms with van der Waals surface area (Å²) in [6, 6.07) is 15.6. The Kier molecular flexibility index (Phi) is 7.81. The Morgan fingerprint density at radius 1 is 1.06 bits per heavy atom. The molecule has 190 valence electrons. The van der Waals surface area contributed by atoms with Gasteiger partial charge in [0, 0.05) is 29.7 Å². The molecule has 1 aromatic heterocycles. The summed E-state index contributed by atoms with van der Waals surface area (Å²) in [5, 5.41) is 3.20. The highest BCUT2D eigenvalue weighted by Gasteiger charge is 2.31. The first-order chi connectivity index (χ1) is 17.6. The largest absolute Gasteiger partial charge is 0.436 e. The summed E-state index contributed by atoms with van der Waals surface area (Å²) in [5.41, 5.74) is 3.21. The summed E-state index contributed by atoms with van der Waals surface area (Å²) in [6.45, 7) is 2.83. The topological polar surface area (TPSA) is 81.4 Å². The summed E-state index contributed by atoms with van der Waals surface area (Å²) < 4.78 is 11.4. The van der Waals surface area contributed by atoms with Crippen LogP contribution in [0.4, 0.5) is 0 Å². The molecule has 5 rings (SSSR count). The second kappa shape index (κ2) is 11.4. The third kappa shape index (κ3) is 5.70. The third-order valence-electron chi connectivity index (χ3n) is 7.75. The molecule has 1 saturated carbocycles. The molecule has 1 unspecified atom stereocenters. The third-order valence-corrected chi connectivity index (χ3v) is 7.75. The molecular weight excluding hydrogens is 452 g/mol. The molecule has 1 saturated heterocycles. The Balaban J connectivity index is 1.15. The number of para-hydroxylation sites is 2. The van der Waals surface area contributed by atoms with Gasteiger partial charge >= 0.3 is 0 Å². The Labute approximate surface area is 212 Å². The van der Waals surface area contributed by atoms with Gasteiger partial charge < -0.3 is 14.5 Å². The summed E-state index contributed by atoms with van der Waals surface area (Å²) in [4.78, 5) is 30.3. The van der Waals surface area contributed by atoms with E-state index < -0.39 is 0 Å². The molecule has 2 heterocycles. The highest BCUT2D eigenvalue weighted by molar-refractivity contribution is 5.98. The smallest absolute Gasteiger partial charge is 0.249 e. The van der Waals surface area contributed by atoms with E-state index >= 15 is 0 Å². The quantitative estimate of drug-likeness (QED) is 0.337. The number of carbonyl (C=O) groups is 2. The van der Waals surface area contributed by atoms with Crippen molar-refractivity contribution in [3.8, 4) is 11.5 Å². The molecule has 0 spiro atoms. The van der Waals surface area contributed by atoms with E-state index in [1.807, 2.05) is 48.5 Å².